The number of carbonyl (C=O) groups excluding carboxylic acids is 2. The number of hydrogen-bond acceptors (Lipinski definition) is 4. The molecule has 3 rings (SSSR count). The SMILES string of the molecule is Cc1noc(C)c1C(=O)N1C(C(N)=O)CC2CC21. The number of amides is 2. The van der Waals surface area contributed by atoms with Crippen LogP contribution in [-0.4, -0.2) is 34.0 Å². The quantitative estimate of drug-likeness (QED) is 0.820. The van der Waals surface area contributed by atoms with Crippen molar-refractivity contribution in [2.75, 3.05) is 0 Å². The van der Waals surface area contributed by atoms with Crippen molar-refractivity contribution in [3.05, 3.63) is 17.0 Å². The molecule has 2 amide bonds. The molecule has 6 nitrogen and oxygen atoms in total. The van der Waals surface area contributed by atoms with Crippen molar-refractivity contribution in [2.45, 2.75) is 38.8 Å². The zero-order valence-electron chi connectivity index (χ0n) is 10.3. The largest absolute Gasteiger partial charge is 0.368 e. The molecule has 6 heteroatoms. The summed E-state index contributed by atoms with van der Waals surface area (Å²) in [7, 11) is 0. The molecule has 2 aliphatic rings. The lowest BCUT2D eigenvalue weighted by Crippen LogP contribution is -2.46. The molecular weight excluding hydrogens is 234 g/mol. The van der Waals surface area contributed by atoms with Gasteiger partial charge >= 0.3 is 0 Å². The van der Waals surface area contributed by atoms with Gasteiger partial charge in [0, 0.05) is 6.04 Å². The van der Waals surface area contributed by atoms with E-state index in [4.69, 9.17) is 10.3 Å². The van der Waals surface area contributed by atoms with E-state index in [0.29, 0.717) is 29.4 Å². The minimum absolute atomic E-state index is 0.170. The molecule has 2 heterocycles. The lowest BCUT2D eigenvalue weighted by molar-refractivity contribution is -0.122. The Labute approximate surface area is 104 Å². The molecule has 3 atom stereocenters. The maximum Gasteiger partial charge on any atom is 0.260 e. The topological polar surface area (TPSA) is 89.4 Å². The van der Waals surface area contributed by atoms with Crippen molar-refractivity contribution < 1.29 is 14.1 Å². The number of rotatable bonds is 2. The van der Waals surface area contributed by atoms with Crippen LogP contribution in [0.5, 0.6) is 0 Å². The summed E-state index contributed by atoms with van der Waals surface area (Å²) in [6.07, 6.45) is 1.66. The van der Waals surface area contributed by atoms with E-state index < -0.39 is 11.9 Å². The van der Waals surface area contributed by atoms with Gasteiger partial charge in [-0.05, 0) is 32.6 Å². The highest BCUT2D eigenvalue weighted by molar-refractivity contribution is 5.99. The number of fused-ring (bicyclic) bond motifs is 1. The van der Waals surface area contributed by atoms with Crippen LogP contribution in [0.2, 0.25) is 0 Å². The molecule has 3 unspecified atom stereocenters. The number of aromatic nitrogens is 1. The molecule has 2 N–H and O–H groups in total. The molecule has 1 saturated carbocycles. The second-order valence-corrected chi connectivity index (χ2v) is 5.13. The summed E-state index contributed by atoms with van der Waals surface area (Å²) in [6.45, 7) is 3.43. The predicted molar refractivity (Wildman–Crippen MR) is 61.6 cm³/mol. The summed E-state index contributed by atoms with van der Waals surface area (Å²) in [5.74, 6) is 0.319. The Morgan fingerprint density at radius 2 is 2.11 bits per heavy atom. The highest BCUT2D eigenvalue weighted by atomic mass is 16.5. The van der Waals surface area contributed by atoms with Crippen LogP contribution >= 0.6 is 0 Å². The molecule has 2 fully saturated rings. The third-order valence-corrected chi connectivity index (χ3v) is 3.91. The predicted octanol–water partition coefficient (Wildman–Crippen LogP) is 0.380. The number of nitrogens with zero attached hydrogens (tertiary/aromatic N) is 2. The molecule has 1 aliphatic heterocycles. The maximum absolute atomic E-state index is 12.5. The minimum Gasteiger partial charge on any atom is -0.368 e. The normalized spacial score (nSPS) is 29.2. The Morgan fingerprint density at radius 1 is 1.39 bits per heavy atom. The van der Waals surface area contributed by atoms with Gasteiger partial charge in [-0.1, -0.05) is 5.16 Å². The van der Waals surface area contributed by atoms with Gasteiger partial charge in [0.2, 0.25) is 5.91 Å². The van der Waals surface area contributed by atoms with E-state index in [0.717, 1.165) is 6.42 Å². The Balaban J connectivity index is 1.94. The Kier molecular flexibility index (Phi) is 2.23. The zero-order chi connectivity index (χ0) is 13.0. The van der Waals surface area contributed by atoms with Crippen molar-refractivity contribution >= 4 is 11.8 Å². The van der Waals surface area contributed by atoms with E-state index in [1.165, 1.54) is 0 Å². The third kappa shape index (κ3) is 1.45. The first-order valence-electron chi connectivity index (χ1n) is 6.05. The molecule has 18 heavy (non-hydrogen) atoms. The number of carbonyl (C=O) groups is 2. The van der Waals surface area contributed by atoms with Crippen LogP contribution in [0, 0.1) is 19.8 Å². The van der Waals surface area contributed by atoms with Crippen LogP contribution < -0.4 is 5.73 Å². The number of primary amides is 1. The molecule has 0 spiro atoms. The molecule has 96 valence electrons. The molecule has 1 saturated heterocycles. The second kappa shape index (κ2) is 3.57. The van der Waals surface area contributed by atoms with Gasteiger partial charge in [-0.3, -0.25) is 9.59 Å². The molecule has 1 aromatic rings. The highest BCUT2D eigenvalue weighted by Crippen LogP contribution is 2.48. The van der Waals surface area contributed by atoms with E-state index in [1.54, 1.807) is 18.7 Å². The van der Waals surface area contributed by atoms with Gasteiger partial charge in [0.25, 0.3) is 5.91 Å². The van der Waals surface area contributed by atoms with Gasteiger partial charge in [0.1, 0.15) is 17.4 Å². The van der Waals surface area contributed by atoms with Crippen molar-refractivity contribution in [3.63, 3.8) is 0 Å². The number of nitrogens with two attached hydrogens (primary N) is 1. The summed E-state index contributed by atoms with van der Waals surface area (Å²) < 4.78 is 5.01. The van der Waals surface area contributed by atoms with Crippen LogP contribution in [0.15, 0.2) is 4.52 Å². The second-order valence-electron chi connectivity index (χ2n) is 5.13. The average Bonchev–Trinajstić information content (AvgIpc) is 2.84. The first kappa shape index (κ1) is 11.3. The van der Waals surface area contributed by atoms with Gasteiger partial charge in [0.05, 0.1) is 5.69 Å². The first-order chi connectivity index (χ1) is 8.50. The van der Waals surface area contributed by atoms with Crippen molar-refractivity contribution in [1.82, 2.24) is 10.1 Å². The Morgan fingerprint density at radius 3 is 2.67 bits per heavy atom. The number of piperidine rings is 1. The van der Waals surface area contributed by atoms with Gasteiger partial charge in [-0.15, -0.1) is 0 Å². The molecule has 1 aliphatic carbocycles. The van der Waals surface area contributed by atoms with Gasteiger partial charge in [0.15, 0.2) is 0 Å². The fraction of sp³-hybridized carbons (Fsp3) is 0.583. The summed E-state index contributed by atoms with van der Waals surface area (Å²) in [5, 5.41) is 3.78. The Hall–Kier alpha value is -1.85. The third-order valence-electron chi connectivity index (χ3n) is 3.91. The number of hydrogen-bond donors (Lipinski definition) is 1. The van der Waals surface area contributed by atoms with Crippen molar-refractivity contribution in [1.29, 1.82) is 0 Å². The lowest BCUT2D eigenvalue weighted by Gasteiger charge is -2.25. The minimum atomic E-state index is -0.477. The van der Waals surface area contributed by atoms with Crippen molar-refractivity contribution in [3.8, 4) is 0 Å². The Bertz CT molecular complexity index is 517. The van der Waals surface area contributed by atoms with Crippen molar-refractivity contribution in [2.24, 2.45) is 11.7 Å². The van der Waals surface area contributed by atoms with Gasteiger partial charge in [-0.25, -0.2) is 0 Å². The molecular formula is C12H15N3O3. The monoisotopic (exact) mass is 249 g/mol. The summed E-state index contributed by atoms with van der Waals surface area (Å²) in [6, 6.07) is -0.307. The number of likely N-dealkylation sites (tertiary alicyclic amines) is 1. The summed E-state index contributed by atoms with van der Waals surface area (Å²) in [5.41, 5.74) is 6.39. The fourth-order valence-corrected chi connectivity index (χ4v) is 2.92. The van der Waals surface area contributed by atoms with Gasteiger partial charge in [-0.2, -0.15) is 0 Å². The summed E-state index contributed by atoms with van der Waals surface area (Å²) in [4.78, 5) is 25.6. The van der Waals surface area contributed by atoms with E-state index >= 15 is 0 Å². The van der Waals surface area contributed by atoms with Crippen LogP contribution in [0.4, 0.5) is 0 Å². The fourth-order valence-electron chi connectivity index (χ4n) is 2.92. The summed E-state index contributed by atoms with van der Waals surface area (Å²) >= 11 is 0. The maximum atomic E-state index is 12.5. The molecule has 1 aromatic heterocycles. The molecule has 0 aromatic carbocycles. The van der Waals surface area contributed by atoms with Crippen LogP contribution in [0.1, 0.15) is 34.7 Å². The van der Waals surface area contributed by atoms with E-state index in [-0.39, 0.29) is 11.9 Å². The average molecular weight is 249 g/mol. The number of aryl methyl sites for hydroxylation is 2. The van der Waals surface area contributed by atoms with Gasteiger partial charge < -0.3 is 15.2 Å². The van der Waals surface area contributed by atoms with E-state index in [9.17, 15) is 9.59 Å². The lowest BCUT2D eigenvalue weighted by atomic mass is 10.1. The standard InChI is InChI=1S/C12H15N3O3/c1-5-10(6(2)18-14-5)12(17)15-8-3-7(8)4-9(15)11(13)16/h7-9H,3-4H2,1-2H3,(H2,13,16). The van der Waals surface area contributed by atoms with E-state index in [2.05, 4.69) is 5.16 Å². The zero-order valence-corrected chi connectivity index (χ0v) is 10.3. The van der Waals surface area contributed by atoms with E-state index in [1.807, 2.05) is 0 Å². The van der Waals surface area contributed by atoms with Crippen LogP contribution in [0.25, 0.3) is 0 Å². The molecule has 0 bridgehead atoms. The van der Waals surface area contributed by atoms with Crippen LogP contribution in [-0.2, 0) is 4.79 Å². The van der Waals surface area contributed by atoms with Crippen LogP contribution in [0.3, 0.4) is 0 Å². The highest BCUT2D eigenvalue weighted by Gasteiger charge is 2.56. The smallest absolute Gasteiger partial charge is 0.260 e. The molecule has 0 radical (unpaired) electrons. The first-order valence-corrected chi connectivity index (χ1v) is 6.05.